The molecule has 2 aromatic heterocycles. The van der Waals surface area contributed by atoms with Gasteiger partial charge in [0.2, 0.25) is 11.6 Å². The second kappa shape index (κ2) is 10.1. The Hall–Kier alpha value is -4.25. The van der Waals surface area contributed by atoms with Crippen molar-refractivity contribution >= 4 is 29.0 Å². The van der Waals surface area contributed by atoms with Crippen LogP contribution in [0, 0.1) is 0 Å². The van der Waals surface area contributed by atoms with E-state index in [1.807, 2.05) is 19.1 Å². The first-order chi connectivity index (χ1) is 16.5. The number of nitrogen functional groups attached to an aromatic ring is 1. The number of carbonyl (C=O) groups is 1. The van der Waals surface area contributed by atoms with Crippen LogP contribution in [0.3, 0.4) is 0 Å². The number of hydrazone groups is 1. The van der Waals surface area contributed by atoms with Crippen LogP contribution >= 0.6 is 11.6 Å². The van der Waals surface area contributed by atoms with E-state index in [4.69, 9.17) is 26.7 Å². The van der Waals surface area contributed by atoms with Crippen LogP contribution in [0.5, 0.6) is 5.75 Å². The van der Waals surface area contributed by atoms with Gasteiger partial charge in [0.05, 0.1) is 12.3 Å². The number of halogens is 1. The molecule has 3 N–H and O–H groups in total. The number of hydrogen-bond donors (Lipinski definition) is 2. The molecule has 12 heteroatoms. The van der Waals surface area contributed by atoms with Gasteiger partial charge in [-0.05, 0) is 54.0 Å². The highest BCUT2D eigenvalue weighted by Gasteiger charge is 2.25. The van der Waals surface area contributed by atoms with Crippen molar-refractivity contribution in [3.8, 4) is 22.8 Å². The van der Waals surface area contributed by atoms with Gasteiger partial charge in [-0.3, -0.25) is 4.79 Å². The van der Waals surface area contributed by atoms with Crippen molar-refractivity contribution in [3.05, 3.63) is 64.8 Å². The minimum absolute atomic E-state index is 0.000310. The molecule has 174 valence electrons. The SMILES string of the molecule is CCCOc1ccc(-c2c(C(=O)NN=C(C)c3ccccc3Cl)nnn2-c2nonc2N)cc1. The molecule has 0 aliphatic carbocycles. The van der Waals surface area contributed by atoms with Crippen molar-refractivity contribution < 1.29 is 14.2 Å². The third kappa shape index (κ3) is 4.74. The lowest BCUT2D eigenvalue weighted by molar-refractivity contribution is 0.0950. The van der Waals surface area contributed by atoms with Gasteiger partial charge >= 0.3 is 0 Å². The normalized spacial score (nSPS) is 11.4. The van der Waals surface area contributed by atoms with Crippen LogP contribution in [0.1, 0.15) is 36.3 Å². The molecule has 0 saturated heterocycles. The molecule has 2 heterocycles. The molecule has 11 nitrogen and oxygen atoms in total. The van der Waals surface area contributed by atoms with Crippen molar-refractivity contribution in [2.75, 3.05) is 12.3 Å². The zero-order valence-electron chi connectivity index (χ0n) is 18.4. The molecule has 4 aromatic rings. The van der Waals surface area contributed by atoms with Crippen LogP contribution in [-0.2, 0) is 0 Å². The molecule has 0 aliphatic heterocycles. The third-order valence-corrected chi connectivity index (χ3v) is 5.10. The second-order valence-electron chi connectivity index (χ2n) is 7.16. The highest BCUT2D eigenvalue weighted by Crippen LogP contribution is 2.28. The largest absolute Gasteiger partial charge is 0.494 e. The zero-order valence-corrected chi connectivity index (χ0v) is 19.2. The van der Waals surface area contributed by atoms with E-state index >= 15 is 0 Å². The predicted octanol–water partition coefficient (Wildman–Crippen LogP) is 3.50. The summed E-state index contributed by atoms with van der Waals surface area (Å²) in [6.45, 7) is 4.35. The number of amides is 1. The number of rotatable bonds is 8. The van der Waals surface area contributed by atoms with Gasteiger partial charge in [-0.2, -0.15) is 9.78 Å². The fraction of sp³-hybridized carbons (Fsp3) is 0.182. The quantitative estimate of drug-likeness (QED) is 0.287. The lowest BCUT2D eigenvalue weighted by atomic mass is 10.1. The highest BCUT2D eigenvalue weighted by atomic mass is 35.5. The molecule has 0 fully saturated rings. The van der Waals surface area contributed by atoms with E-state index in [-0.39, 0.29) is 17.3 Å². The van der Waals surface area contributed by atoms with Gasteiger partial charge in [0.1, 0.15) is 11.4 Å². The van der Waals surface area contributed by atoms with E-state index in [0.29, 0.717) is 39.9 Å². The first-order valence-electron chi connectivity index (χ1n) is 10.4. The van der Waals surface area contributed by atoms with Gasteiger partial charge < -0.3 is 10.5 Å². The summed E-state index contributed by atoms with van der Waals surface area (Å²) in [5.41, 5.74) is 10.5. The molecule has 1 amide bonds. The maximum Gasteiger partial charge on any atom is 0.294 e. The van der Waals surface area contributed by atoms with Gasteiger partial charge in [0, 0.05) is 16.1 Å². The second-order valence-corrected chi connectivity index (χ2v) is 7.57. The smallest absolute Gasteiger partial charge is 0.294 e. The number of ether oxygens (including phenoxy) is 1. The maximum atomic E-state index is 13.1. The topological polar surface area (TPSA) is 146 Å². The van der Waals surface area contributed by atoms with Gasteiger partial charge in [-0.1, -0.05) is 41.9 Å². The third-order valence-electron chi connectivity index (χ3n) is 4.77. The number of nitrogens with two attached hydrogens (primary N) is 1. The Morgan fingerprint density at radius 2 is 1.97 bits per heavy atom. The summed E-state index contributed by atoms with van der Waals surface area (Å²) in [6.07, 6.45) is 0.884. The summed E-state index contributed by atoms with van der Waals surface area (Å²) in [5, 5.41) is 20.1. The lowest BCUT2D eigenvalue weighted by Crippen LogP contribution is -2.21. The number of benzene rings is 2. The molecule has 0 bridgehead atoms. The van der Waals surface area contributed by atoms with Crippen LogP contribution in [0.2, 0.25) is 5.02 Å². The molecule has 0 atom stereocenters. The van der Waals surface area contributed by atoms with E-state index in [1.54, 1.807) is 43.3 Å². The van der Waals surface area contributed by atoms with Crippen molar-refractivity contribution in [2.45, 2.75) is 20.3 Å². The van der Waals surface area contributed by atoms with Crippen LogP contribution in [0.15, 0.2) is 58.3 Å². The fourth-order valence-electron chi connectivity index (χ4n) is 3.11. The van der Waals surface area contributed by atoms with Gasteiger partial charge in [0.15, 0.2) is 5.69 Å². The number of nitrogens with zero attached hydrogens (tertiary/aromatic N) is 6. The average Bonchev–Trinajstić information content (AvgIpc) is 3.47. The predicted molar refractivity (Wildman–Crippen MR) is 126 cm³/mol. The van der Waals surface area contributed by atoms with E-state index in [0.717, 1.165) is 6.42 Å². The lowest BCUT2D eigenvalue weighted by Gasteiger charge is -2.08. The fourth-order valence-corrected chi connectivity index (χ4v) is 3.38. The summed E-state index contributed by atoms with van der Waals surface area (Å²) in [6, 6.07) is 14.3. The van der Waals surface area contributed by atoms with E-state index in [1.165, 1.54) is 4.68 Å². The van der Waals surface area contributed by atoms with Gasteiger partial charge in [-0.15, -0.1) is 5.10 Å². The molecule has 0 spiro atoms. The van der Waals surface area contributed by atoms with E-state index in [2.05, 4.69) is 31.2 Å². The minimum Gasteiger partial charge on any atom is -0.494 e. The van der Waals surface area contributed by atoms with E-state index in [9.17, 15) is 4.79 Å². The first kappa shape index (κ1) is 22.9. The number of carbonyl (C=O) groups excluding carboxylic acids is 1. The molecule has 0 unspecified atom stereocenters. The zero-order chi connectivity index (χ0) is 24.1. The monoisotopic (exact) mass is 480 g/mol. The summed E-state index contributed by atoms with van der Waals surface area (Å²) >= 11 is 6.21. The number of hydrogen-bond acceptors (Lipinski definition) is 9. The Morgan fingerprint density at radius 1 is 1.21 bits per heavy atom. The van der Waals surface area contributed by atoms with Crippen molar-refractivity contribution in [3.63, 3.8) is 0 Å². The summed E-state index contributed by atoms with van der Waals surface area (Å²) in [4.78, 5) is 13.1. The molecule has 4 rings (SSSR count). The van der Waals surface area contributed by atoms with Crippen LogP contribution in [0.25, 0.3) is 17.1 Å². The molecular formula is C22H21ClN8O3. The summed E-state index contributed by atoms with van der Waals surface area (Å²) in [5.74, 6) is 0.199. The van der Waals surface area contributed by atoms with Crippen LogP contribution < -0.4 is 15.9 Å². The number of anilines is 1. The summed E-state index contributed by atoms with van der Waals surface area (Å²) in [7, 11) is 0. The van der Waals surface area contributed by atoms with Crippen molar-refractivity contribution in [1.29, 1.82) is 0 Å². The van der Waals surface area contributed by atoms with Crippen LogP contribution in [-0.4, -0.2) is 43.5 Å². The Morgan fingerprint density at radius 3 is 2.65 bits per heavy atom. The average molecular weight is 481 g/mol. The molecule has 0 radical (unpaired) electrons. The maximum absolute atomic E-state index is 13.1. The Kier molecular flexibility index (Phi) is 6.83. The van der Waals surface area contributed by atoms with Crippen molar-refractivity contribution in [1.82, 2.24) is 30.7 Å². The Bertz CT molecular complexity index is 1330. The molecule has 2 aromatic carbocycles. The highest BCUT2D eigenvalue weighted by molar-refractivity contribution is 6.34. The van der Waals surface area contributed by atoms with E-state index < -0.39 is 5.91 Å². The molecule has 34 heavy (non-hydrogen) atoms. The standard InChI is InChI=1S/C22H21ClN8O3/c1-3-12-33-15-10-8-14(9-11-15)19-18(26-30-31(19)21-20(24)28-34-29-21)22(32)27-25-13(2)16-6-4-5-7-17(16)23/h4-11H,3,12H2,1-2H3,(H2,24,28)(H,27,32). The van der Waals surface area contributed by atoms with Gasteiger partial charge in [-0.25, -0.2) is 10.1 Å². The molecule has 0 aliphatic rings. The van der Waals surface area contributed by atoms with Crippen molar-refractivity contribution in [2.24, 2.45) is 5.10 Å². The van der Waals surface area contributed by atoms with Crippen LogP contribution in [0.4, 0.5) is 5.82 Å². The Labute approximate surface area is 199 Å². The Balaban J connectivity index is 1.69. The first-order valence-corrected chi connectivity index (χ1v) is 10.7. The summed E-state index contributed by atoms with van der Waals surface area (Å²) < 4.78 is 11.6. The van der Waals surface area contributed by atoms with Gasteiger partial charge in [0.25, 0.3) is 5.91 Å². The minimum atomic E-state index is -0.589. The number of nitrogens with one attached hydrogen (secondary N) is 1. The molecular weight excluding hydrogens is 460 g/mol. The molecule has 0 saturated carbocycles. The number of aromatic nitrogens is 5.